The maximum Gasteiger partial charge on any atom is 0.160 e. The first-order valence-electron chi connectivity index (χ1n) is 6.22. The Morgan fingerprint density at radius 3 is 2.89 bits per heavy atom. The lowest BCUT2D eigenvalue weighted by atomic mass is 10.1. The zero-order chi connectivity index (χ0) is 13.8. The number of nitriles is 1. The Morgan fingerprint density at radius 1 is 1.42 bits per heavy atom. The second-order valence-corrected chi connectivity index (χ2v) is 4.83. The smallest absolute Gasteiger partial charge is 0.160 e. The fourth-order valence-corrected chi connectivity index (χ4v) is 2.34. The maximum atomic E-state index is 11.4. The van der Waals surface area contributed by atoms with Crippen LogP contribution in [0.1, 0.15) is 12.0 Å². The van der Waals surface area contributed by atoms with E-state index in [0.717, 1.165) is 0 Å². The van der Waals surface area contributed by atoms with Gasteiger partial charge in [0.1, 0.15) is 0 Å². The lowest BCUT2D eigenvalue weighted by molar-refractivity contribution is -0.119. The fourth-order valence-electron chi connectivity index (χ4n) is 2.34. The molecular weight excluding hydrogens is 238 g/mol. The molecule has 0 atom stereocenters. The molecule has 0 saturated heterocycles. The maximum absolute atomic E-state index is 11.4. The van der Waals surface area contributed by atoms with Crippen LogP contribution in [0.4, 0.5) is 0 Å². The van der Waals surface area contributed by atoms with Crippen molar-refractivity contribution in [3.05, 3.63) is 36.0 Å². The van der Waals surface area contributed by atoms with Gasteiger partial charge in [0.2, 0.25) is 0 Å². The van der Waals surface area contributed by atoms with Crippen molar-refractivity contribution in [1.82, 2.24) is 9.47 Å². The molecule has 2 aromatic rings. The van der Waals surface area contributed by atoms with Crippen LogP contribution < -0.4 is 0 Å². The van der Waals surface area contributed by atoms with E-state index in [1.165, 1.54) is 16.5 Å². The SMILES string of the molecule is CN(CC(=O)CC#N)Cc1cn(C)c2ccccc12. The molecule has 0 amide bonds. The van der Waals surface area contributed by atoms with Crippen molar-refractivity contribution in [2.75, 3.05) is 13.6 Å². The first kappa shape index (κ1) is 13.3. The summed E-state index contributed by atoms with van der Waals surface area (Å²) in [5, 5.41) is 9.70. The highest BCUT2D eigenvalue weighted by atomic mass is 16.1. The Hall–Kier alpha value is -2.12. The number of hydrogen-bond donors (Lipinski definition) is 0. The minimum absolute atomic E-state index is 0.0140. The molecule has 0 N–H and O–H groups in total. The van der Waals surface area contributed by atoms with Gasteiger partial charge in [-0.05, 0) is 18.7 Å². The molecule has 19 heavy (non-hydrogen) atoms. The largest absolute Gasteiger partial charge is 0.350 e. The number of benzene rings is 1. The summed E-state index contributed by atoms with van der Waals surface area (Å²) >= 11 is 0. The van der Waals surface area contributed by atoms with Crippen molar-refractivity contribution in [3.63, 3.8) is 0 Å². The van der Waals surface area contributed by atoms with Gasteiger partial charge >= 0.3 is 0 Å². The third-order valence-electron chi connectivity index (χ3n) is 3.14. The fraction of sp³-hybridized carbons (Fsp3) is 0.333. The third-order valence-corrected chi connectivity index (χ3v) is 3.14. The summed E-state index contributed by atoms with van der Waals surface area (Å²) in [5.41, 5.74) is 2.39. The normalized spacial score (nSPS) is 10.8. The van der Waals surface area contributed by atoms with E-state index in [9.17, 15) is 4.79 Å². The Balaban J connectivity index is 2.13. The molecule has 0 spiro atoms. The topological polar surface area (TPSA) is 49.0 Å². The first-order chi connectivity index (χ1) is 9.11. The Kier molecular flexibility index (Phi) is 3.98. The van der Waals surface area contributed by atoms with Crippen LogP contribution in [-0.4, -0.2) is 28.8 Å². The number of likely N-dealkylation sites (N-methyl/N-ethyl adjacent to an activating group) is 1. The van der Waals surface area contributed by atoms with Gasteiger partial charge in [-0.3, -0.25) is 9.69 Å². The van der Waals surface area contributed by atoms with Crippen molar-refractivity contribution in [1.29, 1.82) is 5.26 Å². The van der Waals surface area contributed by atoms with Crippen LogP contribution in [0.2, 0.25) is 0 Å². The highest BCUT2D eigenvalue weighted by molar-refractivity contribution is 5.84. The third kappa shape index (κ3) is 3.01. The average molecular weight is 255 g/mol. The standard InChI is InChI=1S/C15H17N3O/c1-17(11-13(19)7-8-16)9-12-10-18(2)15-6-4-3-5-14(12)15/h3-6,10H,7,9,11H2,1-2H3. The van der Waals surface area contributed by atoms with Gasteiger partial charge in [0.05, 0.1) is 19.0 Å². The van der Waals surface area contributed by atoms with Crippen LogP contribution in [0.15, 0.2) is 30.5 Å². The van der Waals surface area contributed by atoms with Crippen LogP contribution in [0.5, 0.6) is 0 Å². The van der Waals surface area contributed by atoms with Gasteiger partial charge in [0.15, 0.2) is 5.78 Å². The number of carbonyl (C=O) groups excluding carboxylic acids is 1. The number of fused-ring (bicyclic) bond motifs is 1. The number of Topliss-reactive ketones (excluding diaryl/α,β-unsaturated/α-hetero) is 1. The molecule has 0 fully saturated rings. The number of para-hydroxylation sites is 1. The molecule has 0 aliphatic carbocycles. The zero-order valence-electron chi connectivity index (χ0n) is 11.3. The monoisotopic (exact) mass is 255 g/mol. The Labute approximate surface area is 112 Å². The number of ketones is 1. The minimum Gasteiger partial charge on any atom is -0.350 e. The van der Waals surface area contributed by atoms with E-state index in [1.807, 2.05) is 37.2 Å². The zero-order valence-corrected chi connectivity index (χ0v) is 11.3. The molecule has 0 unspecified atom stereocenters. The van der Waals surface area contributed by atoms with Crippen molar-refractivity contribution < 1.29 is 4.79 Å². The van der Waals surface area contributed by atoms with Crippen LogP contribution >= 0.6 is 0 Å². The molecule has 1 heterocycles. The lowest BCUT2D eigenvalue weighted by Gasteiger charge is -2.14. The number of carbonyl (C=O) groups is 1. The van der Waals surface area contributed by atoms with E-state index in [4.69, 9.17) is 5.26 Å². The number of aryl methyl sites for hydroxylation is 1. The number of hydrogen-bond acceptors (Lipinski definition) is 3. The lowest BCUT2D eigenvalue weighted by Crippen LogP contribution is -2.25. The van der Waals surface area contributed by atoms with Gasteiger partial charge in [-0.15, -0.1) is 0 Å². The highest BCUT2D eigenvalue weighted by Crippen LogP contribution is 2.21. The van der Waals surface area contributed by atoms with Crippen molar-refractivity contribution in [2.45, 2.75) is 13.0 Å². The van der Waals surface area contributed by atoms with E-state index in [0.29, 0.717) is 13.1 Å². The van der Waals surface area contributed by atoms with Gasteiger partial charge < -0.3 is 4.57 Å². The summed E-state index contributed by atoms with van der Waals surface area (Å²) in [7, 11) is 3.92. The van der Waals surface area contributed by atoms with Gasteiger partial charge in [0, 0.05) is 30.7 Å². The molecular formula is C15H17N3O. The van der Waals surface area contributed by atoms with E-state index >= 15 is 0 Å². The van der Waals surface area contributed by atoms with Crippen molar-refractivity contribution in [3.8, 4) is 6.07 Å². The molecule has 4 nitrogen and oxygen atoms in total. The van der Waals surface area contributed by atoms with Crippen molar-refractivity contribution >= 4 is 16.7 Å². The van der Waals surface area contributed by atoms with E-state index in [-0.39, 0.29) is 12.2 Å². The molecule has 4 heteroatoms. The summed E-state index contributed by atoms with van der Waals surface area (Å²) in [5.74, 6) is -0.0368. The average Bonchev–Trinajstić information content (AvgIpc) is 2.67. The molecule has 0 radical (unpaired) electrons. The van der Waals surface area contributed by atoms with Crippen LogP contribution in [-0.2, 0) is 18.4 Å². The van der Waals surface area contributed by atoms with Gasteiger partial charge in [-0.25, -0.2) is 0 Å². The first-order valence-corrected chi connectivity index (χ1v) is 6.22. The van der Waals surface area contributed by atoms with Crippen LogP contribution in [0.3, 0.4) is 0 Å². The molecule has 1 aromatic heterocycles. The molecule has 1 aromatic carbocycles. The van der Waals surface area contributed by atoms with E-state index in [2.05, 4.69) is 22.9 Å². The van der Waals surface area contributed by atoms with Gasteiger partial charge in [-0.2, -0.15) is 5.26 Å². The summed E-state index contributed by atoms with van der Waals surface area (Å²) in [6, 6.07) is 10.1. The summed E-state index contributed by atoms with van der Waals surface area (Å²) in [6.45, 7) is 1.02. The molecule has 0 aliphatic heterocycles. The second-order valence-electron chi connectivity index (χ2n) is 4.83. The number of rotatable bonds is 5. The summed E-state index contributed by atoms with van der Waals surface area (Å²) in [4.78, 5) is 13.4. The predicted octanol–water partition coefficient (Wildman–Crippen LogP) is 2.09. The van der Waals surface area contributed by atoms with Gasteiger partial charge in [-0.1, -0.05) is 18.2 Å². The van der Waals surface area contributed by atoms with E-state index in [1.54, 1.807) is 0 Å². The number of aromatic nitrogens is 1. The second kappa shape index (κ2) is 5.68. The highest BCUT2D eigenvalue weighted by Gasteiger charge is 2.10. The molecule has 0 bridgehead atoms. The molecule has 0 aliphatic rings. The minimum atomic E-state index is -0.0368. The Bertz CT molecular complexity index is 636. The predicted molar refractivity (Wildman–Crippen MR) is 74.5 cm³/mol. The summed E-state index contributed by atoms with van der Waals surface area (Å²) < 4.78 is 2.09. The Morgan fingerprint density at radius 2 is 2.16 bits per heavy atom. The van der Waals surface area contributed by atoms with Crippen LogP contribution in [0, 0.1) is 11.3 Å². The summed E-state index contributed by atoms with van der Waals surface area (Å²) in [6.07, 6.45) is 2.08. The van der Waals surface area contributed by atoms with Crippen molar-refractivity contribution in [2.24, 2.45) is 7.05 Å². The molecule has 98 valence electrons. The quantitative estimate of drug-likeness (QED) is 0.822. The van der Waals surface area contributed by atoms with Gasteiger partial charge in [0.25, 0.3) is 0 Å². The van der Waals surface area contributed by atoms with Crippen LogP contribution in [0.25, 0.3) is 10.9 Å². The van der Waals surface area contributed by atoms with E-state index < -0.39 is 0 Å². The number of nitrogens with zero attached hydrogens (tertiary/aromatic N) is 3. The molecule has 2 rings (SSSR count). The molecule has 0 saturated carbocycles.